The normalized spacial score (nSPS) is 21.6. The maximum atomic E-state index is 10.6. The highest BCUT2D eigenvalue weighted by molar-refractivity contribution is 5.73. The van der Waals surface area contributed by atoms with Crippen LogP contribution >= 0.6 is 0 Å². The quantitative estimate of drug-likeness (QED) is 0.506. The number of piperidine rings is 1. The lowest BCUT2D eigenvalue weighted by molar-refractivity contribution is -0.193. The maximum Gasteiger partial charge on any atom is 0.490 e. The van der Waals surface area contributed by atoms with Gasteiger partial charge in [0.15, 0.2) is 0 Å². The van der Waals surface area contributed by atoms with Crippen molar-refractivity contribution in [2.24, 2.45) is 11.8 Å². The molecule has 2 aromatic rings. The Labute approximate surface area is 213 Å². The summed E-state index contributed by atoms with van der Waals surface area (Å²) in [5, 5.41) is 14.2. The molecule has 0 unspecified atom stereocenters. The average molecular weight is 558 g/mol. The van der Waals surface area contributed by atoms with E-state index in [1.807, 2.05) is 18.4 Å². The highest BCUT2D eigenvalue weighted by Crippen LogP contribution is 2.35. The summed E-state index contributed by atoms with van der Waals surface area (Å²) in [6, 6.07) is 6.04. The lowest BCUT2D eigenvalue weighted by atomic mass is 9.84. The summed E-state index contributed by atoms with van der Waals surface area (Å²) in [6.45, 7) is 5.97. The number of carboxylic acids is 2. The molecule has 4 heterocycles. The molecular weight excluding hydrogens is 530 g/mol. The molecule has 0 aliphatic carbocycles. The van der Waals surface area contributed by atoms with Crippen LogP contribution in [0.25, 0.3) is 0 Å². The fraction of sp³-hybridized carbons (Fsp3) is 0.565. The van der Waals surface area contributed by atoms with Crippen LogP contribution in [-0.2, 0) is 27.4 Å². The van der Waals surface area contributed by atoms with E-state index in [2.05, 4.69) is 22.9 Å². The molecule has 0 saturated carbocycles. The summed E-state index contributed by atoms with van der Waals surface area (Å²) in [4.78, 5) is 22.6. The Bertz CT molecular complexity index is 956. The lowest BCUT2D eigenvalue weighted by Gasteiger charge is -2.36. The van der Waals surface area contributed by atoms with Crippen LogP contribution in [0.1, 0.15) is 17.7 Å². The largest absolute Gasteiger partial charge is 0.490 e. The molecule has 0 bridgehead atoms. The molecule has 0 amide bonds. The van der Waals surface area contributed by atoms with E-state index in [-0.39, 0.29) is 0 Å². The fourth-order valence-corrected chi connectivity index (χ4v) is 4.11. The van der Waals surface area contributed by atoms with Crippen LogP contribution in [0.15, 0.2) is 45.8 Å². The molecular formula is C23H28F6N2O7. The van der Waals surface area contributed by atoms with Gasteiger partial charge in [-0.15, -0.1) is 0 Å². The molecule has 9 nitrogen and oxygen atoms in total. The second kappa shape index (κ2) is 13.7. The number of fused-ring (bicyclic) bond motifs is 1. The van der Waals surface area contributed by atoms with E-state index >= 15 is 0 Å². The summed E-state index contributed by atoms with van der Waals surface area (Å²) in [5.41, 5.74) is 1.26. The minimum absolute atomic E-state index is 0.321. The lowest BCUT2D eigenvalue weighted by Crippen LogP contribution is -2.44. The smallest absolute Gasteiger partial charge is 0.475 e. The molecule has 2 aliphatic heterocycles. The molecule has 4 rings (SSSR count). The Morgan fingerprint density at radius 2 is 1.71 bits per heavy atom. The monoisotopic (exact) mass is 558 g/mol. The van der Waals surface area contributed by atoms with Crippen molar-refractivity contribution >= 4 is 11.9 Å². The summed E-state index contributed by atoms with van der Waals surface area (Å²) in [7, 11) is 2.14. The summed E-state index contributed by atoms with van der Waals surface area (Å²) < 4.78 is 80.3. The van der Waals surface area contributed by atoms with E-state index in [0.717, 1.165) is 45.1 Å². The Morgan fingerprint density at radius 3 is 2.21 bits per heavy atom. The third kappa shape index (κ3) is 10.4. The van der Waals surface area contributed by atoms with Gasteiger partial charge in [0.25, 0.3) is 0 Å². The Balaban J connectivity index is 0.000000301. The predicted molar refractivity (Wildman–Crippen MR) is 118 cm³/mol. The highest BCUT2D eigenvalue weighted by Gasteiger charge is 2.41. The molecule has 0 radical (unpaired) electrons. The molecule has 214 valence electrons. The van der Waals surface area contributed by atoms with Crippen LogP contribution in [0.4, 0.5) is 26.3 Å². The number of rotatable bonds is 6. The van der Waals surface area contributed by atoms with Gasteiger partial charge in [0.05, 0.1) is 38.0 Å². The topological polar surface area (TPSA) is 117 Å². The first kappa shape index (κ1) is 31.2. The third-order valence-corrected chi connectivity index (χ3v) is 5.86. The molecule has 15 heteroatoms. The second-order valence-electron chi connectivity index (χ2n) is 8.83. The minimum atomic E-state index is -5.08. The number of likely N-dealkylation sites (tertiary alicyclic amines) is 1. The van der Waals surface area contributed by atoms with Crippen molar-refractivity contribution in [1.82, 2.24) is 9.80 Å². The molecule has 0 aromatic carbocycles. The fourth-order valence-electron chi connectivity index (χ4n) is 4.11. The first-order chi connectivity index (χ1) is 17.7. The Hall–Kier alpha value is -3.04. The van der Waals surface area contributed by atoms with Crippen molar-refractivity contribution in [2.75, 3.05) is 33.3 Å². The maximum absolute atomic E-state index is 10.6. The number of carbonyl (C=O) groups is 2. The van der Waals surface area contributed by atoms with Crippen molar-refractivity contribution in [2.45, 2.75) is 38.0 Å². The van der Waals surface area contributed by atoms with Crippen LogP contribution in [0.3, 0.4) is 0 Å². The van der Waals surface area contributed by atoms with Gasteiger partial charge in [-0.1, -0.05) is 0 Å². The number of aliphatic carboxylic acids is 2. The zero-order chi connectivity index (χ0) is 28.5. The number of carboxylic acid groups (broad SMARTS) is 2. The molecule has 38 heavy (non-hydrogen) atoms. The van der Waals surface area contributed by atoms with Gasteiger partial charge in [-0.05, 0) is 44.1 Å². The van der Waals surface area contributed by atoms with Crippen molar-refractivity contribution in [3.05, 3.63) is 48.3 Å². The molecule has 2 N–H and O–H groups in total. The van der Waals surface area contributed by atoms with Crippen molar-refractivity contribution in [3.63, 3.8) is 0 Å². The number of likely N-dealkylation sites (N-methyl/N-ethyl adjacent to an activating group) is 1. The zero-order valence-electron chi connectivity index (χ0n) is 20.2. The standard InChI is InChI=1S/C19H26N2O3.2C2HF3O2/c1-20(10-17-3-2-7-23-17)12-19-18-11-21(6-4-16(18)14-24-19)9-15-5-8-22-13-15;2*3-2(4,5)1(6)7/h2-3,5,7-8,13,16,18-19H,4,6,9-12,14H2,1H3;2*(H,6,7)/t16-,18-,19+;;/m0../s1. The van der Waals surface area contributed by atoms with Crippen LogP contribution < -0.4 is 0 Å². The van der Waals surface area contributed by atoms with Crippen LogP contribution in [0.2, 0.25) is 0 Å². The van der Waals surface area contributed by atoms with E-state index in [1.54, 1.807) is 12.5 Å². The molecule has 0 spiro atoms. The molecule has 2 aliphatic rings. The second-order valence-corrected chi connectivity index (χ2v) is 8.83. The van der Waals surface area contributed by atoms with E-state index < -0.39 is 24.3 Å². The SMILES string of the molecule is CN(Cc1ccco1)C[C@H]1OC[C@@H]2CCN(Cc3ccoc3)C[C@@H]21.O=C(O)C(F)(F)F.O=C(O)C(F)(F)F. The van der Waals surface area contributed by atoms with Gasteiger partial charge in [0.1, 0.15) is 5.76 Å². The van der Waals surface area contributed by atoms with E-state index in [4.69, 9.17) is 33.4 Å². The molecule has 2 fully saturated rings. The van der Waals surface area contributed by atoms with Gasteiger partial charge in [-0.25, -0.2) is 9.59 Å². The van der Waals surface area contributed by atoms with Gasteiger partial charge in [0.2, 0.25) is 0 Å². The molecule has 3 atom stereocenters. The summed E-state index contributed by atoms with van der Waals surface area (Å²) in [6.07, 6.45) is -3.26. The van der Waals surface area contributed by atoms with E-state index in [9.17, 15) is 26.3 Å². The first-order valence-corrected chi connectivity index (χ1v) is 11.3. The zero-order valence-corrected chi connectivity index (χ0v) is 20.2. The van der Waals surface area contributed by atoms with Gasteiger partial charge >= 0.3 is 24.3 Å². The first-order valence-electron chi connectivity index (χ1n) is 11.3. The molecule has 2 saturated heterocycles. The number of alkyl halides is 6. The van der Waals surface area contributed by atoms with Gasteiger partial charge in [-0.2, -0.15) is 26.3 Å². The highest BCUT2D eigenvalue weighted by atomic mass is 19.4. The summed E-state index contributed by atoms with van der Waals surface area (Å²) >= 11 is 0. The van der Waals surface area contributed by atoms with E-state index in [0.29, 0.717) is 17.9 Å². The minimum Gasteiger partial charge on any atom is -0.475 e. The number of furan rings is 2. The van der Waals surface area contributed by atoms with Gasteiger partial charge < -0.3 is 23.8 Å². The van der Waals surface area contributed by atoms with Crippen molar-refractivity contribution in [1.29, 1.82) is 0 Å². The number of nitrogens with zero attached hydrogens (tertiary/aromatic N) is 2. The van der Waals surface area contributed by atoms with Crippen LogP contribution in [0.5, 0.6) is 0 Å². The number of halogens is 6. The van der Waals surface area contributed by atoms with Crippen molar-refractivity contribution in [3.8, 4) is 0 Å². The number of hydrogen-bond donors (Lipinski definition) is 2. The van der Waals surface area contributed by atoms with E-state index in [1.165, 1.54) is 12.0 Å². The number of ether oxygens (including phenoxy) is 1. The summed E-state index contributed by atoms with van der Waals surface area (Å²) in [5.74, 6) is -3.16. The van der Waals surface area contributed by atoms with Crippen LogP contribution in [-0.4, -0.2) is 83.7 Å². The van der Waals surface area contributed by atoms with Gasteiger partial charge in [-0.3, -0.25) is 9.80 Å². The van der Waals surface area contributed by atoms with Gasteiger partial charge in [0, 0.05) is 31.1 Å². The number of hydrogen-bond acceptors (Lipinski definition) is 7. The Kier molecular flexibility index (Phi) is 11.2. The average Bonchev–Trinajstić information content (AvgIpc) is 3.57. The Morgan fingerprint density at radius 1 is 1.08 bits per heavy atom. The van der Waals surface area contributed by atoms with Crippen LogP contribution in [0, 0.1) is 11.8 Å². The van der Waals surface area contributed by atoms with Crippen molar-refractivity contribution < 1.29 is 59.7 Å². The third-order valence-electron chi connectivity index (χ3n) is 5.86. The predicted octanol–water partition coefficient (Wildman–Crippen LogP) is 4.11. The molecule has 2 aromatic heterocycles.